The van der Waals surface area contributed by atoms with Crippen LogP contribution in [0.25, 0.3) is 27.3 Å². The van der Waals surface area contributed by atoms with E-state index in [0.717, 1.165) is 18.4 Å². The second-order valence-corrected chi connectivity index (χ2v) is 8.74. The van der Waals surface area contributed by atoms with E-state index in [9.17, 15) is 4.79 Å². The first-order valence-corrected chi connectivity index (χ1v) is 11.4. The summed E-state index contributed by atoms with van der Waals surface area (Å²) in [5.74, 6) is 7.04. The van der Waals surface area contributed by atoms with Crippen molar-refractivity contribution >= 4 is 38.5 Å². The molecule has 0 bridgehead atoms. The van der Waals surface area contributed by atoms with E-state index < -0.39 is 0 Å². The third-order valence-corrected chi connectivity index (χ3v) is 6.24. The van der Waals surface area contributed by atoms with Crippen molar-refractivity contribution in [2.45, 2.75) is 12.8 Å². The van der Waals surface area contributed by atoms with E-state index in [2.05, 4.69) is 42.2 Å². The molecule has 1 aromatic carbocycles. The molecule has 0 atom stereocenters. The Morgan fingerprint density at radius 1 is 1.21 bits per heavy atom. The lowest BCUT2D eigenvalue weighted by molar-refractivity contribution is 0.102. The third-order valence-electron chi connectivity index (χ3n) is 5.38. The summed E-state index contributed by atoms with van der Waals surface area (Å²) in [5, 5.41) is 7.50. The van der Waals surface area contributed by atoms with Crippen LogP contribution in [0.5, 0.6) is 5.75 Å². The SMILES string of the molecule is COc1ccccc1-c1cn2ncnc2cc1C(=O)Nc1nc2ncc(C#CC3CC3)nc2s1. The van der Waals surface area contributed by atoms with Crippen molar-refractivity contribution in [3.8, 4) is 28.7 Å². The molecule has 9 nitrogen and oxygen atoms in total. The van der Waals surface area contributed by atoms with Gasteiger partial charge in [-0.3, -0.25) is 10.1 Å². The van der Waals surface area contributed by atoms with Crippen LogP contribution >= 0.6 is 11.3 Å². The highest BCUT2D eigenvalue weighted by Gasteiger charge is 2.20. The van der Waals surface area contributed by atoms with Gasteiger partial charge in [-0.25, -0.2) is 19.5 Å². The number of carbonyl (C=O) groups is 1. The number of ether oxygens (including phenoxy) is 1. The molecule has 1 saturated carbocycles. The molecule has 0 unspecified atom stereocenters. The standard InChI is InChI=1S/C24H17N7O2S/c1-33-19-5-3-2-4-16(19)18-12-31-20(26-13-27-31)10-17(18)22(32)30-24-29-21-23(34-24)28-15(11-25-21)9-8-14-6-7-14/h2-5,10-14H,6-7H2,1H3,(H,25,29,30,32). The number of anilines is 1. The molecule has 0 radical (unpaired) electrons. The lowest BCUT2D eigenvalue weighted by Gasteiger charge is -2.13. The van der Waals surface area contributed by atoms with Gasteiger partial charge in [0.1, 0.15) is 17.8 Å². The summed E-state index contributed by atoms with van der Waals surface area (Å²) in [5.41, 5.74) is 3.46. The summed E-state index contributed by atoms with van der Waals surface area (Å²) in [6.07, 6.45) is 7.12. The van der Waals surface area contributed by atoms with Crippen molar-refractivity contribution in [1.82, 2.24) is 29.5 Å². The highest BCUT2D eigenvalue weighted by molar-refractivity contribution is 7.21. The number of nitrogens with zero attached hydrogens (tertiary/aromatic N) is 6. The third kappa shape index (κ3) is 3.82. The lowest BCUT2D eigenvalue weighted by atomic mass is 10.0. The van der Waals surface area contributed by atoms with Crippen LogP contribution in [0.15, 0.2) is 49.1 Å². The fourth-order valence-electron chi connectivity index (χ4n) is 3.53. The number of rotatable bonds is 4. The Hall–Kier alpha value is -4.36. The first-order valence-electron chi connectivity index (χ1n) is 10.6. The zero-order chi connectivity index (χ0) is 23.1. The van der Waals surface area contributed by atoms with Crippen LogP contribution in [-0.2, 0) is 0 Å². The molecule has 1 fully saturated rings. The lowest BCUT2D eigenvalue weighted by Crippen LogP contribution is -2.14. The molecule has 1 aliphatic rings. The monoisotopic (exact) mass is 467 g/mol. The number of aromatic nitrogens is 6. The molecule has 166 valence electrons. The Labute approximate surface area is 197 Å². The molecule has 1 N–H and O–H groups in total. The summed E-state index contributed by atoms with van der Waals surface area (Å²) in [6.45, 7) is 0. The molecule has 4 heterocycles. The highest BCUT2D eigenvalue weighted by atomic mass is 32.1. The molecular weight excluding hydrogens is 450 g/mol. The maximum atomic E-state index is 13.4. The van der Waals surface area contributed by atoms with Gasteiger partial charge in [0.05, 0.1) is 18.9 Å². The first-order chi connectivity index (χ1) is 16.7. The smallest absolute Gasteiger partial charge is 0.258 e. The van der Waals surface area contributed by atoms with Gasteiger partial charge in [-0.2, -0.15) is 10.1 Å². The number of benzene rings is 1. The van der Waals surface area contributed by atoms with Gasteiger partial charge in [-0.05, 0) is 30.9 Å². The minimum atomic E-state index is -0.334. The fraction of sp³-hybridized carbons (Fsp3) is 0.167. The maximum absolute atomic E-state index is 13.4. The molecule has 0 saturated heterocycles. The zero-order valence-electron chi connectivity index (χ0n) is 18.0. The van der Waals surface area contributed by atoms with E-state index in [-0.39, 0.29) is 5.91 Å². The van der Waals surface area contributed by atoms with Gasteiger partial charge in [0, 0.05) is 23.2 Å². The van der Waals surface area contributed by atoms with Crippen molar-refractivity contribution in [2.75, 3.05) is 12.4 Å². The summed E-state index contributed by atoms with van der Waals surface area (Å²) in [7, 11) is 1.59. The average molecular weight is 468 g/mol. The van der Waals surface area contributed by atoms with Gasteiger partial charge < -0.3 is 4.74 Å². The van der Waals surface area contributed by atoms with Gasteiger partial charge in [-0.1, -0.05) is 35.5 Å². The van der Waals surface area contributed by atoms with Crippen molar-refractivity contribution < 1.29 is 9.53 Å². The van der Waals surface area contributed by atoms with E-state index in [1.807, 2.05) is 24.3 Å². The van der Waals surface area contributed by atoms with Crippen molar-refractivity contribution in [3.05, 3.63) is 60.3 Å². The van der Waals surface area contributed by atoms with Crippen LogP contribution in [-0.4, -0.2) is 42.6 Å². The second kappa shape index (κ2) is 8.20. The van der Waals surface area contributed by atoms with Gasteiger partial charge >= 0.3 is 0 Å². The Bertz CT molecular complexity index is 1620. The molecule has 0 aliphatic heterocycles. The summed E-state index contributed by atoms with van der Waals surface area (Å²) >= 11 is 1.26. The quantitative estimate of drug-likeness (QED) is 0.401. The molecule has 4 aromatic heterocycles. The van der Waals surface area contributed by atoms with Gasteiger partial charge in [0.15, 0.2) is 21.3 Å². The van der Waals surface area contributed by atoms with Crippen molar-refractivity contribution in [3.63, 3.8) is 0 Å². The minimum Gasteiger partial charge on any atom is -0.496 e. The van der Waals surface area contributed by atoms with Gasteiger partial charge in [0.25, 0.3) is 5.91 Å². The number of fused-ring (bicyclic) bond motifs is 2. The van der Waals surface area contributed by atoms with Crippen molar-refractivity contribution in [1.29, 1.82) is 0 Å². The average Bonchev–Trinajstić information content (AvgIpc) is 3.43. The molecule has 6 rings (SSSR count). The van der Waals surface area contributed by atoms with E-state index >= 15 is 0 Å². The van der Waals surface area contributed by atoms with E-state index in [4.69, 9.17) is 4.74 Å². The number of amides is 1. The van der Waals surface area contributed by atoms with Gasteiger partial charge in [-0.15, -0.1) is 0 Å². The molecular formula is C24H17N7O2S. The van der Waals surface area contributed by atoms with Gasteiger partial charge in [0.2, 0.25) is 0 Å². The predicted octanol–water partition coefficient (Wildman–Crippen LogP) is 3.82. The number of para-hydroxylation sites is 1. The largest absolute Gasteiger partial charge is 0.496 e. The molecule has 10 heteroatoms. The molecule has 1 amide bonds. The molecule has 34 heavy (non-hydrogen) atoms. The number of nitrogens with one attached hydrogen (secondary N) is 1. The first kappa shape index (κ1) is 20.3. The Balaban J connectivity index is 1.36. The van der Waals surface area contributed by atoms with Crippen LogP contribution in [0.3, 0.4) is 0 Å². The Morgan fingerprint density at radius 3 is 2.94 bits per heavy atom. The molecule has 1 aliphatic carbocycles. The Kier molecular flexibility index (Phi) is 4.89. The number of hydrogen-bond acceptors (Lipinski definition) is 8. The van der Waals surface area contributed by atoms with Crippen LogP contribution in [0.4, 0.5) is 5.13 Å². The molecule has 0 spiro atoms. The van der Waals surface area contributed by atoms with Crippen LogP contribution < -0.4 is 10.1 Å². The topological polar surface area (TPSA) is 107 Å². The molecule has 5 aromatic rings. The highest BCUT2D eigenvalue weighted by Crippen LogP contribution is 2.33. The summed E-state index contributed by atoms with van der Waals surface area (Å²) < 4.78 is 7.14. The number of pyridine rings is 1. The summed E-state index contributed by atoms with van der Waals surface area (Å²) in [6, 6.07) is 9.19. The summed E-state index contributed by atoms with van der Waals surface area (Å²) in [4.78, 5) is 31.5. The van der Waals surface area contributed by atoms with Crippen LogP contribution in [0.1, 0.15) is 28.9 Å². The number of hydrogen-bond donors (Lipinski definition) is 1. The van der Waals surface area contributed by atoms with E-state index in [0.29, 0.717) is 49.7 Å². The number of carbonyl (C=O) groups excluding carboxylic acids is 1. The van der Waals surface area contributed by atoms with E-state index in [1.54, 1.807) is 30.1 Å². The van der Waals surface area contributed by atoms with Crippen LogP contribution in [0, 0.1) is 17.8 Å². The minimum absolute atomic E-state index is 0.334. The number of thiazole rings is 1. The fourth-order valence-corrected chi connectivity index (χ4v) is 4.33. The Morgan fingerprint density at radius 2 is 2.09 bits per heavy atom. The van der Waals surface area contributed by atoms with Crippen LogP contribution in [0.2, 0.25) is 0 Å². The van der Waals surface area contributed by atoms with E-state index in [1.165, 1.54) is 17.7 Å². The normalized spacial score (nSPS) is 13.0. The zero-order valence-corrected chi connectivity index (χ0v) is 18.8. The maximum Gasteiger partial charge on any atom is 0.258 e. The van der Waals surface area contributed by atoms with Crippen molar-refractivity contribution in [2.24, 2.45) is 5.92 Å². The predicted molar refractivity (Wildman–Crippen MR) is 128 cm³/mol. The number of methoxy groups -OCH3 is 1. The second-order valence-electron chi connectivity index (χ2n) is 7.76.